The predicted octanol–water partition coefficient (Wildman–Crippen LogP) is 0.737. The summed E-state index contributed by atoms with van der Waals surface area (Å²) in [5, 5.41) is 22.2. The van der Waals surface area contributed by atoms with Crippen molar-refractivity contribution in [2.24, 2.45) is 0 Å². The van der Waals surface area contributed by atoms with E-state index in [9.17, 15) is 14.9 Å². The van der Waals surface area contributed by atoms with Crippen molar-refractivity contribution >= 4 is 17.4 Å². The van der Waals surface area contributed by atoms with E-state index >= 15 is 0 Å². The number of urea groups is 1. The molecule has 21 heavy (non-hydrogen) atoms. The van der Waals surface area contributed by atoms with Crippen LogP contribution in [0.4, 0.5) is 16.2 Å². The lowest BCUT2D eigenvalue weighted by Crippen LogP contribution is -2.50. The van der Waals surface area contributed by atoms with Crippen molar-refractivity contribution in [1.82, 2.24) is 9.80 Å². The average molecular weight is 294 g/mol. The summed E-state index contributed by atoms with van der Waals surface area (Å²) >= 11 is 0. The Morgan fingerprint density at radius 2 is 2.05 bits per heavy atom. The number of anilines is 1. The number of rotatable bonds is 4. The number of carbonyl (C=O) groups is 1. The molecule has 2 rings (SSSR count). The molecule has 1 saturated heterocycles. The third-order valence-corrected chi connectivity index (χ3v) is 3.38. The maximum absolute atomic E-state index is 12.1. The van der Waals surface area contributed by atoms with Gasteiger partial charge in [-0.15, -0.1) is 0 Å². The van der Waals surface area contributed by atoms with Gasteiger partial charge in [-0.05, 0) is 6.07 Å². The first-order valence-corrected chi connectivity index (χ1v) is 6.74. The summed E-state index contributed by atoms with van der Waals surface area (Å²) in [6.45, 7) is 3.29. The van der Waals surface area contributed by atoms with Crippen molar-refractivity contribution in [1.29, 1.82) is 0 Å². The van der Waals surface area contributed by atoms with Gasteiger partial charge in [-0.1, -0.05) is 6.07 Å². The molecule has 0 bridgehead atoms. The van der Waals surface area contributed by atoms with E-state index in [0.29, 0.717) is 38.4 Å². The summed E-state index contributed by atoms with van der Waals surface area (Å²) in [5.74, 6) is 0. The number of aliphatic hydroxyl groups excluding tert-OH is 1. The number of nitrogens with zero attached hydrogens (tertiary/aromatic N) is 3. The minimum atomic E-state index is -0.497. The number of hydrogen-bond acceptors (Lipinski definition) is 5. The highest BCUT2D eigenvalue weighted by molar-refractivity contribution is 5.89. The van der Waals surface area contributed by atoms with Crippen LogP contribution in [0.3, 0.4) is 0 Å². The Morgan fingerprint density at radius 3 is 2.67 bits per heavy atom. The van der Waals surface area contributed by atoms with Gasteiger partial charge in [-0.3, -0.25) is 15.0 Å². The number of nitro benzene ring substituents is 1. The highest BCUT2D eigenvalue weighted by atomic mass is 16.6. The van der Waals surface area contributed by atoms with Crippen LogP contribution in [0.15, 0.2) is 24.3 Å². The number of hydrogen-bond donors (Lipinski definition) is 2. The Labute approximate surface area is 122 Å². The van der Waals surface area contributed by atoms with E-state index in [2.05, 4.69) is 10.2 Å². The number of amides is 2. The summed E-state index contributed by atoms with van der Waals surface area (Å²) in [4.78, 5) is 26.0. The van der Waals surface area contributed by atoms with Crippen LogP contribution < -0.4 is 5.32 Å². The van der Waals surface area contributed by atoms with Crippen LogP contribution in [0.1, 0.15) is 0 Å². The number of β-amino-alcohol motifs (C(OH)–C–C–N with tert-alkyl or cyclic N) is 1. The molecule has 0 spiro atoms. The summed E-state index contributed by atoms with van der Waals surface area (Å²) in [5.41, 5.74) is 0.354. The van der Waals surface area contributed by atoms with Crippen LogP contribution >= 0.6 is 0 Å². The number of non-ortho nitro benzene ring substituents is 1. The van der Waals surface area contributed by atoms with Crippen LogP contribution in [-0.2, 0) is 0 Å². The van der Waals surface area contributed by atoms with Crippen LogP contribution in [0, 0.1) is 10.1 Å². The van der Waals surface area contributed by atoms with Crippen LogP contribution in [0.2, 0.25) is 0 Å². The molecule has 1 heterocycles. The number of carbonyl (C=O) groups excluding carboxylic acids is 1. The number of aliphatic hydroxyl groups is 1. The molecular weight excluding hydrogens is 276 g/mol. The predicted molar refractivity (Wildman–Crippen MR) is 77.2 cm³/mol. The number of nitrogens with one attached hydrogen (secondary N) is 1. The average Bonchev–Trinajstić information content (AvgIpc) is 2.48. The van der Waals surface area contributed by atoms with Crippen molar-refractivity contribution in [2.45, 2.75) is 0 Å². The molecule has 1 fully saturated rings. The van der Waals surface area contributed by atoms with Gasteiger partial charge in [-0.25, -0.2) is 4.79 Å². The fraction of sp³-hybridized carbons (Fsp3) is 0.462. The third-order valence-electron chi connectivity index (χ3n) is 3.38. The quantitative estimate of drug-likeness (QED) is 0.630. The normalized spacial score (nSPS) is 15.8. The minimum absolute atomic E-state index is 0.0550. The van der Waals surface area contributed by atoms with Crippen molar-refractivity contribution in [3.05, 3.63) is 34.4 Å². The first-order chi connectivity index (χ1) is 10.1. The third kappa shape index (κ3) is 4.14. The van der Waals surface area contributed by atoms with Gasteiger partial charge in [0.05, 0.1) is 11.5 Å². The zero-order valence-corrected chi connectivity index (χ0v) is 11.6. The Morgan fingerprint density at radius 1 is 1.33 bits per heavy atom. The molecule has 2 N–H and O–H groups in total. The topological polar surface area (TPSA) is 98.9 Å². The standard InChI is InChI=1S/C13H18N4O4/c18-9-8-15-4-6-16(7-5-15)13(19)14-11-2-1-3-12(10-11)17(20)21/h1-3,10,18H,4-9H2,(H,14,19). The minimum Gasteiger partial charge on any atom is -0.395 e. The monoisotopic (exact) mass is 294 g/mol. The van der Waals surface area contributed by atoms with Crippen molar-refractivity contribution in [3.8, 4) is 0 Å². The zero-order chi connectivity index (χ0) is 15.2. The fourth-order valence-corrected chi connectivity index (χ4v) is 2.22. The Bertz CT molecular complexity index is 515. The van der Waals surface area contributed by atoms with Crippen LogP contribution in [0.5, 0.6) is 0 Å². The van der Waals surface area contributed by atoms with Crippen LogP contribution in [0.25, 0.3) is 0 Å². The van der Waals surface area contributed by atoms with Crippen LogP contribution in [-0.4, -0.2) is 65.2 Å². The van der Waals surface area contributed by atoms with E-state index in [-0.39, 0.29) is 18.3 Å². The van der Waals surface area contributed by atoms with E-state index in [1.807, 2.05) is 0 Å². The molecule has 114 valence electrons. The molecule has 1 aromatic carbocycles. The Balaban J connectivity index is 1.90. The molecular formula is C13H18N4O4. The summed E-state index contributed by atoms with van der Waals surface area (Å²) in [6, 6.07) is 5.60. The SMILES string of the molecule is O=C(Nc1cccc([N+](=O)[O-])c1)N1CCN(CCO)CC1. The molecule has 1 aromatic rings. The zero-order valence-electron chi connectivity index (χ0n) is 11.6. The molecule has 0 atom stereocenters. The molecule has 8 nitrogen and oxygen atoms in total. The van der Waals surface area contributed by atoms with Gasteiger partial charge >= 0.3 is 6.03 Å². The van der Waals surface area contributed by atoms with Crippen molar-refractivity contribution in [2.75, 3.05) is 44.6 Å². The highest BCUT2D eigenvalue weighted by Gasteiger charge is 2.21. The molecule has 8 heteroatoms. The lowest BCUT2D eigenvalue weighted by Gasteiger charge is -2.34. The number of benzene rings is 1. The van der Waals surface area contributed by atoms with Gasteiger partial charge < -0.3 is 15.3 Å². The maximum atomic E-state index is 12.1. The van der Waals surface area contributed by atoms with E-state index in [1.54, 1.807) is 11.0 Å². The van der Waals surface area contributed by atoms with E-state index in [0.717, 1.165) is 0 Å². The van der Waals surface area contributed by atoms with E-state index in [1.165, 1.54) is 18.2 Å². The largest absolute Gasteiger partial charge is 0.395 e. The molecule has 0 saturated carbocycles. The second kappa shape index (κ2) is 7.00. The first-order valence-electron chi connectivity index (χ1n) is 6.74. The molecule has 1 aliphatic heterocycles. The molecule has 0 aliphatic carbocycles. The van der Waals surface area contributed by atoms with Gasteiger partial charge in [0, 0.05) is 50.5 Å². The molecule has 2 amide bonds. The lowest BCUT2D eigenvalue weighted by atomic mass is 10.3. The summed E-state index contributed by atoms with van der Waals surface area (Å²) in [6.07, 6.45) is 0. The van der Waals surface area contributed by atoms with Crippen molar-refractivity contribution < 1.29 is 14.8 Å². The highest BCUT2D eigenvalue weighted by Crippen LogP contribution is 2.17. The first kappa shape index (κ1) is 15.2. The maximum Gasteiger partial charge on any atom is 0.321 e. The molecule has 0 unspecified atom stereocenters. The summed E-state index contributed by atoms with van der Waals surface area (Å²) in [7, 11) is 0. The second-order valence-electron chi connectivity index (χ2n) is 4.79. The van der Waals surface area contributed by atoms with Gasteiger partial charge in [0.2, 0.25) is 0 Å². The fourth-order valence-electron chi connectivity index (χ4n) is 2.22. The Hall–Kier alpha value is -2.19. The smallest absolute Gasteiger partial charge is 0.321 e. The molecule has 0 radical (unpaired) electrons. The lowest BCUT2D eigenvalue weighted by molar-refractivity contribution is -0.384. The molecule has 0 aromatic heterocycles. The molecule has 1 aliphatic rings. The van der Waals surface area contributed by atoms with Crippen molar-refractivity contribution in [3.63, 3.8) is 0 Å². The van der Waals surface area contributed by atoms with Gasteiger partial charge in [0.15, 0.2) is 0 Å². The van der Waals surface area contributed by atoms with Gasteiger partial charge in [-0.2, -0.15) is 0 Å². The Kier molecular flexibility index (Phi) is 5.07. The second-order valence-corrected chi connectivity index (χ2v) is 4.79. The van der Waals surface area contributed by atoms with E-state index in [4.69, 9.17) is 5.11 Å². The number of piperazine rings is 1. The van der Waals surface area contributed by atoms with E-state index < -0.39 is 4.92 Å². The van der Waals surface area contributed by atoms with Gasteiger partial charge in [0.1, 0.15) is 0 Å². The number of nitro groups is 1. The summed E-state index contributed by atoms with van der Waals surface area (Å²) < 4.78 is 0. The van der Waals surface area contributed by atoms with Gasteiger partial charge in [0.25, 0.3) is 5.69 Å².